The van der Waals surface area contributed by atoms with Gasteiger partial charge in [-0.3, -0.25) is 0 Å². The minimum Gasteiger partial charge on any atom is -0.207 e. The second-order valence-corrected chi connectivity index (χ2v) is 8.24. The Morgan fingerprint density at radius 1 is 1.14 bits per heavy atom. The molecule has 0 amide bonds. The summed E-state index contributed by atoms with van der Waals surface area (Å²) < 4.78 is 28.4. The molecule has 1 aliphatic carbocycles. The van der Waals surface area contributed by atoms with E-state index < -0.39 is 10.0 Å². The molecule has 1 aromatic rings. The lowest BCUT2D eigenvalue weighted by Gasteiger charge is -2.34. The average molecular weight is 370 g/mol. The minimum atomic E-state index is -3.42. The van der Waals surface area contributed by atoms with Crippen LogP contribution in [0.1, 0.15) is 43.2 Å². The zero-order chi connectivity index (χ0) is 15.1. The second kappa shape index (κ2) is 5.52. The van der Waals surface area contributed by atoms with Crippen LogP contribution in [0.2, 0.25) is 0 Å². The fourth-order valence-electron chi connectivity index (χ4n) is 3.53. The van der Waals surface area contributed by atoms with E-state index in [4.69, 9.17) is 0 Å². The molecule has 1 heterocycles. The number of benzene rings is 1. The lowest BCUT2D eigenvalue weighted by Crippen LogP contribution is -2.46. The number of rotatable bonds is 2. The van der Waals surface area contributed by atoms with E-state index in [1.54, 1.807) is 0 Å². The van der Waals surface area contributed by atoms with Gasteiger partial charge in [-0.1, -0.05) is 65.0 Å². The zero-order valence-corrected chi connectivity index (χ0v) is 14.6. The van der Waals surface area contributed by atoms with Gasteiger partial charge in [0.2, 0.25) is 10.0 Å². The first-order chi connectivity index (χ1) is 9.98. The van der Waals surface area contributed by atoms with Gasteiger partial charge in [0.15, 0.2) is 0 Å². The van der Waals surface area contributed by atoms with Crippen LogP contribution in [-0.4, -0.2) is 19.3 Å². The fourth-order valence-corrected chi connectivity index (χ4v) is 6.52. The summed E-state index contributed by atoms with van der Waals surface area (Å²) in [5, 5.41) is 0.600. The number of halogens is 1. The van der Waals surface area contributed by atoms with Crippen LogP contribution in [0.3, 0.4) is 0 Å². The van der Waals surface area contributed by atoms with Crippen LogP contribution < -0.4 is 4.72 Å². The summed E-state index contributed by atoms with van der Waals surface area (Å²) in [5.74, 6) is 0. The first kappa shape index (κ1) is 15.3. The summed E-state index contributed by atoms with van der Waals surface area (Å²) in [7, 11) is -3.42. The van der Waals surface area contributed by atoms with Gasteiger partial charge in [0.25, 0.3) is 0 Å². The molecule has 3 nitrogen and oxygen atoms in total. The van der Waals surface area contributed by atoms with Crippen LogP contribution in [0.4, 0.5) is 0 Å². The molecule has 0 radical (unpaired) electrons. The van der Waals surface area contributed by atoms with Gasteiger partial charge in [0.05, 0.1) is 10.4 Å². The highest BCUT2D eigenvalue weighted by Gasteiger charge is 2.48. The third-order valence-electron chi connectivity index (χ3n) is 4.60. The van der Waals surface area contributed by atoms with Crippen molar-refractivity contribution < 1.29 is 8.42 Å². The molecule has 1 saturated carbocycles. The normalized spacial score (nSPS) is 23.7. The molecular formula is C16H20BrNO2S. The van der Waals surface area contributed by atoms with E-state index in [1.165, 1.54) is 6.42 Å². The summed E-state index contributed by atoms with van der Waals surface area (Å²) in [6.07, 6.45) is 5.17. The fraction of sp³-hybridized carbons (Fsp3) is 0.500. The lowest BCUT2D eigenvalue weighted by molar-refractivity contribution is 0.322. The largest absolute Gasteiger partial charge is 0.242 e. The van der Waals surface area contributed by atoms with Crippen LogP contribution in [0.25, 0.3) is 4.91 Å². The molecule has 1 spiro atoms. The van der Waals surface area contributed by atoms with Gasteiger partial charge in [0.1, 0.15) is 0 Å². The Balaban J connectivity index is 2.17. The van der Waals surface area contributed by atoms with Crippen LogP contribution in [0.5, 0.6) is 0 Å². The van der Waals surface area contributed by atoms with Crippen molar-refractivity contribution in [1.82, 2.24) is 4.72 Å². The summed E-state index contributed by atoms with van der Waals surface area (Å²) in [6.45, 7) is 2.01. The Bertz CT molecular complexity index is 671. The van der Waals surface area contributed by atoms with Crippen molar-refractivity contribution in [3.63, 3.8) is 0 Å². The molecule has 1 N–H and O–H groups in total. The van der Waals surface area contributed by atoms with Gasteiger partial charge in [-0.05, 0) is 30.9 Å². The second-order valence-electron chi connectivity index (χ2n) is 6.06. The van der Waals surface area contributed by atoms with Gasteiger partial charge in [-0.2, -0.15) is 0 Å². The Morgan fingerprint density at radius 2 is 1.76 bits per heavy atom. The topological polar surface area (TPSA) is 46.2 Å². The molecule has 21 heavy (non-hydrogen) atoms. The van der Waals surface area contributed by atoms with E-state index in [2.05, 4.69) is 20.7 Å². The molecule has 1 aliphatic heterocycles. The quantitative estimate of drug-likeness (QED) is 0.807. The van der Waals surface area contributed by atoms with Crippen LogP contribution in [0, 0.1) is 6.92 Å². The molecular weight excluding hydrogens is 350 g/mol. The Kier molecular flexibility index (Phi) is 4.01. The minimum absolute atomic E-state index is 0.360. The van der Waals surface area contributed by atoms with Gasteiger partial charge < -0.3 is 0 Å². The molecule has 0 bridgehead atoms. The Labute approximate surface area is 135 Å². The highest BCUT2D eigenvalue weighted by Crippen LogP contribution is 2.45. The highest BCUT2D eigenvalue weighted by molar-refractivity contribution is 9.09. The van der Waals surface area contributed by atoms with Crippen LogP contribution in [0.15, 0.2) is 29.8 Å². The van der Waals surface area contributed by atoms with Crippen molar-refractivity contribution in [2.45, 2.75) is 44.6 Å². The van der Waals surface area contributed by atoms with Crippen LogP contribution >= 0.6 is 15.9 Å². The van der Waals surface area contributed by atoms with Crippen molar-refractivity contribution in [2.75, 3.05) is 5.33 Å². The van der Waals surface area contributed by atoms with Crippen molar-refractivity contribution >= 4 is 30.9 Å². The van der Waals surface area contributed by atoms with Crippen molar-refractivity contribution in [1.29, 1.82) is 0 Å². The molecule has 0 aromatic heterocycles. The molecule has 1 aromatic carbocycles. The van der Waals surface area contributed by atoms with Gasteiger partial charge in [-0.15, -0.1) is 0 Å². The zero-order valence-electron chi connectivity index (χ0n) is 12.2. The Morgan fingerprint density at radius 3 is 2.33 bits per heavy atom. The summed E-state index contributed by atoms with van der Waals surface area (Å²) >= 11 is 3.53. The molecule has 114 valence electrons. The summed E-state index contributed by atoms with van der Waals surface area (Å²) in [4.78, 5) is 0.487. The first-order valence-electron chi connectivity index (χ1n) is 7.39. The lowest BCUT2D eigenvalue weighted by atomic mass is 9.77. The monoisotopic (exact) mass is 369 g/mol. The number of nitrogens with one attached hydrogen (secondary N) is 1. The maximum atomic E-state index is 12.7. The molecule has 0 unspecified atom stereocenters. The van der Waals surface area contributed by atoms with Crippen molar-refractivity contribution in [3.05, 3.63) is 41.0 Å². The standard InChI is InChI=1S/C16H20BrNO2S/c1-12-5-7-13(8-6-12)15-14(11-17)16(18-21(15,19)20)9-3-2-4-10-16/h5-8,18H,2-4,9-11H2,1H3. The van der Waals surface area contributed by atoms with Gasteiger partial charge in [0, 0.05) is 5.33 Å². The first-order valence-corrected chi connectivity index (χ1v) is 10.00. The smallest absolute Gasteiger partial charge is 0.207 e. The SMILES string of the molecule is Cc1ccc(C2=C(CBr)C3(CCCCC3)NS2(=O)=O)cc1. The molecule has 5 heteroatoms. The molecule has 0 saturated heterocycles. The molecule has 1 fully saturated rings. The van der Waals surface area contributed by atoms with E-state index in [0.717, 1.165) is 42.4 Å². The molecule has 2 aliphatic rings. The molecule has 3 rings (SSSR count). The predicted molar refractivity (Wildman–Crippen MR) is 89.8 cm³/mol. The van der Waals surface area contributed by atoms with E-state index >= 15 is 0 Å². The van der Waals surface area contributed by atoms with Gasteiger partial charge in [-0.25, -0.2) is 13.1 Å². The highest BCUT2D eigenvalue weighted by atomic mass is 79.9. The summed E-state index contributed by atoms with van der Waals surface area (Å²) in [6, 6.07) is 7.76. The Hall–Kier alpha value is -0.650. The average Bonchev–Trinajstić information content (AvgIpc) is 2.67. The predicted octanol–water partition coefficient (Wildman–Crippen LogP) is 3.74. The maximum Gasteiger partial charge on any atom is 0.242 e. The van der Waals surface area contributed by atoms with E-state index in [1.807, 2.05) is 31.2 Å². The van der Waals surface area contributed by atoms with E-state index in [0.29, 0.717) is 10.2 Å². The number of sulfonamides is 1. The van der Waals surface area contributed by atoms with E-state index in [9.17, 15) is 8.42 Å². The van der Waals surface area contributed by atoms with Crippen molar-refractivity contribution in [3.8, 4) is 0 Å². The van der Waals surface area contributed by atoms with Crippen LogP contribution in [-0.2, 0) is 10.0 Å². The van der Waals surface area contributed by atoms with Gasteiger partial charge >= 0.3 is 0 Å². The number of hydrogen-bond acceptors (Lipinski definition) is 2. The number of alkyl halides is 1. The maximum absolute atomic E-state index is 12.7. The third-order valence-corrected chi connectivity index (χ3v) is 6.84. The van der Waals surface area contributed by atoms with E-state index in [-0.39, 0.29) is 5.54 Å². The summed E-state index contributed by atoms with van der Waals surface area (Å²) in [5.41, 5.74) is 2.58. The van der Waals surface area contributed by atoms with Crippen molar-refractivity contribution in [2.24, 2.45) is 0 Å². The molecule has 0 atom stereocenters. The number of aryl methyl sites for hydroxylation is 1. The number of hydrogen-bond donors (Lipinski definition) is 1. The third kappa shape index (κ3) is 2.60.